The number of ether oxygens (including phenoxy) is 1. The predicted molar refractivity (Wildman–Crippen MR) is 105 cm³/mol. The summed E-state index contributed by atoms with van der Waals surface area (Å²) in [7, 11) is -1.89. The molecule has 0 aromatic heterocycles. The summed E-state index contributed by atoms with van der Waals surface area (Å²) in [6, 6.07) is 13.0. The molecule has 1 saturated heterocycles. The molecule has 2 amide bonds. The summed E-state index contributed by atoms with van der Waals surface area (Å²) in [5.74, 6) is 0.614. The molecule has 6 nitrogen and oxygen atoms in total. The van der Waals surface area contributed by atoms with E-state index < -0.39 is 15.1 Å². The van der Waals surface area contributed by atoms with Crippen molar-refractivity contribution >= 4 is 33.2 Å². The van der Waals surface area contributed by atoms with Crippen LogP contribution in [0.4, 0.5) is 10.5 Å². The molecule has 1 heterocycles. The van der Waals surface area contributed by atoms with Crippen molar-refractivity contribution in [3.63, 3.8) is 0 Å². The highest BCUT2D eigenvalue weighted by Crippen LogP contribution is 2.26. The van der Waals surface area contributed by atoms with Gasteiger partial charge in [0.2, 0.25) is 0 Å². The maximum atomic E-state index is 12.8. The Morgan fingerprint density at radius 3 is 2.22 bits per heavy atom. The molecule has 0 aliphatic carbocycles. The number of hydrogen-bond acceptors (Lipinski definition) is 4. The molecule has 2 aromatic rings. The maximum absolute atomic E-state index is 12.8. The van der Waals surface area contributed by atoms with Gasteiger partial charge < -0.3 is 15.0 Å². The van der Waals surface area contributed by atoms with E-state index in [0.717, 1.165) is 0 Å². The zero-order valence-corrected chi connectivity index (χ0v) is 16.5. The number of nitrogens with one attached hydrogen (secondary N) is 1. The van der Waals surface area contributed by atoms with Crippen molar-refractivity contribution in [1.29, 1.82) is 0 Å². The van der Waals surface area contributed by atoms with E-state index in [0.29, 0.717) is 42.4 Å². The molecular weight excluding hydrogens is 388 g/mol. The fourth-order valence-electron chi connectivity index (χ4n) is 3.06. The number of halogens is 1. The number of urea groups is 1. The van der Waals surface area contributed by atoms with Crippen LogP contribution in [-0.2, 0) is 9.84 Å². The van der Waals surface area contributed by atoms with E-state index in [1.807, 2.05) is 0 Å². The first-order valence-electron chi connectivity index (χ1n) is 8.59. The fourth-order valence-corrected chi connectivity index (χ4v) is 4.92. The van der Waals surface area contributed by atoms with Crippen molar-refractivity contribution < 1.29 is 17.9 Å². The number of rotatable bonds is 4. The molecule has 8 heteroatoms. The van der Waals surface area contributed by atoms with Crippen LogP contribution in [0.1, 0.15) is 12.8 Å². The number of carbonyl (C=O) groups excluding carboxylic acids is 1. The van der Waals surface area contributed by atoms with Gasteiger partial charge in [0, 0.05) is 23.8 Å². The summed E-state index contributed by atoms with van der Waals surface area (Å²) in [6.07, 6.45) is 0.810. The van der Waals surface area contributed by atoms with Gasteiger partial charge in [0.1, 0.15) is 5.75 Å². The fraction of sp³-hybridized carbons (Fsp3) is 0.316. The van der Waals surface area contributed by atoms with E-state index in [9.17, 15) is 13.2 Å². The minimum atomic E-state index is -3.43. The van der Waals surface area contributed by atoms with Crippen LogP contribution < -0.4 is 10.1 Å². The summed E-state index contributed by atoms with van der Waals surface area (Å²) in [4.78, 5) is 14.3. The monoisotopic (exact) mass is 408 g/mol. The lowest BCUT2D eigenvalue weighted by Gasteiger charge is -2.31. The molecule has 144 valence electrons. The predicted octanol–water partition coefficient (Wildman–Crippen LogP) is 3.82. The van der Waals surface area contributed by atoms with E-state index >= 15 is 0 Å². The first-order chi connectivity index (χ1) is 12.9. The summed E-state index contributed by atoms with van der Waals surface area (Å²) in [5, 5.41) is 2.90. The average Bonchev–Trinajstić information content (AvgIpc) is 2.70. The zero-order chi connectivity index (χ0) is 19.4. The Balaban J connectivity index is 1.60. The normalized spacial score (nSPS) is 15.4. The van der Waals surface area contributed by atoms with E-state index in [4.69, 9.17) is 16.3 Å². The number of anilines is 1. The van der Waals surface area contributed by atoms with Crippen molar-refractivity contribution in [2.45, 2.75) is 23.0 Å². The Labute approximate surface area is 164 Å². The van der Waals surface area contributed by atoms with Gasteiger partial charge >= 0.3 is 6.03 Å². The summed E-state index contributed by atoms with van der Waals surface area (Å²) < 4.78 is 30.7. The number of sulfone groups is 1. The largest absolute Gasteiger partial charge is 0.497 e. The second kappa shape index (κ2) is 8.19. The first-order valence-corrected chi connectivity index (χ1v) is 10.5. The molecule has 0 unspecified atom stereocenters. The van der Waals surface area contributed by atoms with Crippen LogP contribution in [-0.4, -0.2) is 44.8 Å². The number of amides is 2. The van der Waals surface area contributed by atoms with Crippen LogP contribution >= 0.6 is 11.6 Å². The summed E-state index contributed by atoms with van der Waals surface area (Å²) in [5.41, 5.74) is 0.650. The van der Waals surface area contributed by atoms with Crippen molar-refractivity contribution in [2.75, 3.05) is 25.5 Å². The second-order valence-corrected chi connectivity index (χ2v) is 9.01. The third kappa shape index (κ3) is 4.54. The van der Waals surface area contributed by atoms with Crippen molar-refractivity contribution in [3.05, 3.63) is 53.6 Å². The van der Waals surface area contributed by atoms with Crippen molar-refractivity contribution in [1.82, 2.24) is 4.90 Å². The number of nitrogens with zero attached hydrogens (tertiary/aromatic N) is 1. The lowest BCUT2D eigenvalue weighted by Crippen LogP contribution is -2.44. The van der Waals surface area contributed by atoms with E-state index in [2.05, 4.69) is 5.32 Å². The molecule has 0 atom stereocenters. The molecule has 1 fully saturated rings. The first kappa shape index (κ1) is 19.5. The number of likely N-dealkylation sites (tertiary alicyclic amines) is 1. The average molecular weight is 409 g/mol. The molecule has 0 saturated carbocycles. The minimum Gasteiger partial charge on any atom is -0.497 e. The molecule has 0 bridgehead atoms. The van der Waals surface area contributed by atoms with Crippen LogP contribution in [0.25, 0.3) is 0 Å². The molecule has 1 aliphatic rings. The molecule has 0 radical (unpaired) electrons. The number of benzene rings is 2. The van der Waals surface area contributed by atoms with Crippen LogP contribution in [0.15, 0.2) is 53.4 Å². The molecule has 1 N–H and O–H groups in total. The number of methoxy groups -OCH3 is 1. The number of piperidine rings is 1. The van der Waals surface area contributed by atoms with Gasteiger partial charge in [-0.25, -0.2) is 13.2 Å². The van der Waals surface area contributed by atoms with E-state index in [-0.39, 0.29) is 10.9 Å². The van der Waals surface area contributed by atoms with Crippen molar-refractivity contribution in [3.8, 4) is 5.75 Å². The van der Waals surface area contributed by atoms with Crippen LogP contribution in [0.5, 0.6) is 5.75 Å². The van der Waals surface area contributed by atoms with Crippen LogP contribution in [0, 0.1) is 0 Å². The Kier molecular flexibility index (Phi) is 5.92. The van der Waals surface area contributed by atoms with Gasteiger partial charge in [0.05, 0.1) is 17.3 Å². The van der Waals surface area contributed by atoms with E-state index in [1.165, 1.54) is 7.11 Å². The van der Waals surface area contributed by atoms with Crippen molar-refractivity contribution in [2.24, 2.45) is 0 Å². The minimum absolute atomic E-state index is 0.238. The van der Waals surface area contributed by atoms with E-state index in [1.54, 1.807) is 53.4 Å². The lowest BCUT2D eigenvalue weighted by atomic mass is 10.1. The van der Waals surface area contributed by atoms with Gasteiger partial charge in [-0.1, -0.05) is 11.6 Å². The highest BCUT2D eigenvalue weighted by Gasteiger charge is 2.32. The van der Waals surface area contributed by atoms with Gasteiger partial charge in [-0.05, 0) is 61.4 Å². The molecule has 2 aromatic carbocycles. The Morgan fingerprint density at radius 1 is 1.07 bits per heavy atom. The molecule has 3 rings (SSSR count). The van der Waals surface area contributed by atoms with Gasteiger partial charge in [0.25, 0.3) is 0 Å². The van der Waals surface area contributed by atoms with Gasteiger partial charge in [-0.2, -0.15) is 0 Å². The maximum Gasteiger partial charge on any atom is 0.321 e. The molecular formula is C19H21ClN2O4S. The van der Waals surface area contributed by atoms with Gasteiger partial charge in [-0.15, -0.1) is 0 Å². The highest BCUT2D eigenvalue weighted by atomic mass is 35.5. The third-order valence-corrected chi connectivity index (χ3v) is 7.18. The standard InChI is InChI=1S/C19H21ClN2O4S/c1-26-16-6-8-17(9-7-16)27(24,25)18-10-12-22(13-11-18)19(23)21-15-4-2-14(20)3-5-15/h2-9,18H,10-13H2,1H3,(H,21,23). The highest BCUT2D eigenvalue weighted by molar-refractivity contribution is 7.92. The number of hydrogen-bond donors (Lipinski definition) is 1. The smallest absolute Gasteiger partial charge is 0.321 e. The molecule has 0 spiro atoms. The zero-order valence-electron chi connectivity index (χ0n) is 14.9. The summed E-state index contributed by atoms with van der Waals surface area (Å²) in [6.45, 7) is 0.777. The quantitative estimate of drug-likeness (QED) is 0.834. The molecule has 27 heavy (non-hydrogen) atoms. The topological polar surface area (TPSA) is 75.7 Å². The Hall–Kier alpha value is -2.25. The molecule has 1 aliphatic heterocycles. The third-order valence-electron chi connectivity index (χ3n) is 4.65. The van der Waals surface area contributed by atoms with Crippen LogP contribution in [0.3, 0.4) is 0 Å². The van der Waals surface area contributed by atoms with Gasteiger partial charge in [-0.3, -0.25) is 0 Å². The Bertz CT molecular complexity index is 890. The lowest BCUT2D eigenvalue weighted by molar-refractivity contribution is 0.200. The second-order valence-electron chi connectivity index (χ2n) is 6.34. The van der Waals surface area contributed by atoms with Crippen LogP contribution in [0.2, 0.25) is 5.02 Å². The Morgan fingerprint density at radius 2 is 1.67 bits per heavy atom. The number of carbonyl (C=O) groups is 1. The van der Waals surface area contributed by atoms with Gasteiger partial charge in [0.15, 0.2) is 9.84 Å². The summed E-state index contributed by atoms with van der Waals surface area (Å²) >= 11 is 5.84. The SMILES string of the molecule is COc1ccc(S(=O)(=O)C2CCN(C(=O)Nc3ccc(Cl)cc3)CC2)cc1.